The van der Waals surface area contributed by atoms with Crippen LogP contribution in [0.3, 0.4) is 0 Å². The number of aryl methyl sites for hydroxylation is 6. The third kappa shape index (κ3) is 3.55. The molecule has 0 radical (unpaired) electrons. The molecule has 0 spiro atoms. The molecule has 0 aliphatic heterocycles. The van der Waals surface area contributed by atoms with Crippen LogP contribution in [-0.2, 0) is 11.3 Å². The Hall–Kier alpha value is -2.66. The molecule has 0 saturated heterocycles. The summed E-state index contributed by atoms with van der Waals surface area (Å²) in [6.45, 7) is 16.9. The minimum absolute atomic E-state index is 0.419. The molecule has 3 aromatic heterocycles. The Labute approximate surface area is 185 Å². The first-order valence-electron chi connectivity index (χ1n) is 11.2. The number of fused-ring (bicyclic) bond motifs is 3. The first kappa shape index (κ1) is 21.6. The molecule has 0 unspecified atom stereocenters. The van der Waals surface area contributed by atoms with Crippen molar-refractivity contribution in [1.82, 2.24) is 19.2 Å². The normalized spacial score (nSPS) is 12.0. The smallest absolute Gasteiger partial charge is 0.165 e. The van der Waals surface area contributed by atoms with Gasteiger partial charge < -0.3 is 9.30 Å². The highest BCUT2D eigenvalue weighted by Crippen LogP contribution is 2.36. The highest BCUT2D eigenvalue weighted by molar-refractivity contribution is 5.90. The number of rotatable bonds is 6. The van der Waals surface area contributed by atoms with E-state index in [1.165, 1.54) is 33.3 Å². The lowest BCUT2D eigenvalue weighted by atomic mass is 9.94. The summed E-state index contributed by atoms with van der Waals surface area (Å²) >= 11 is 0. The Morgan fingerprint density at radius 2 is 1.61 bits per heavy atom. The molecule has 0 bridgehead atoms. The summed E-state index contributed by atoms with van der Waals surface area (Å²) in [5, 5.41) is 6.21. The van der Waals surface area contributed by atoms with Gasteiger partial charge in [-0.25, -0.2) is 4.98 Å². The molecular weight excluding hydrogens is 384 g/mol. The Morgan fingerprint density at radius 3 is 2.23 bits per heavy atom. The second kappa shape index (κ2) is 8.12. The molecule has 0 amide bonds. The largest absolute Gasteiger partial charge is 0.385 e. The van der Waals surface area contributed by atoms with Crippen molar-refractivity contribution in [2.45, 2.75) is 67.3 Å². The molecule has 0 aliphatic carbocycles. The van der Waals surface area contributed by atoms with E-state index in [2.05, 4.69) is 75.7 Å². The van der Waals surface area contributed by atoms with Gasteiger partial charge in [-0.05, 0) is 69.7 Å². The van der Waals surface area contributed by atoms with E-state index < -0.39 is 0 Å². The maximum atomic E-state index is 5.33. The summed E-state index contributed by atoms with van der Waals surface area (Å²) in [7, 11) is 1.76. The fourth-order valence-corrected chi connectivity index (χ4v) is 4.99. The van der Waals surface area contributed by atoms with Crippen LogP contribution < -0.4 is 0 Å². The van der Waals surface area contributed by atoms with Crippen molar-refractivity contribution in [3.05, 3.63) is 52.0 Å². The van der Waals surface area contributed by atoms with Gasteiger partial charge in [0.05, 0.1) is 17.0 Å². The SMILES string of the molecule is COCCCn1c(C(C)C)cc2c(C)nc3c(-c4c(C)cc(C)cc4C)c(C)nn3c21. The number of nitrogens with zero attached hydrogens (tertiary/aromatic N) is 4. The molecular formula is C26H34N4O. The molecule has 4 aromatic rings. The zero-order chi connectivity index (χ0) is 22.4. The summed E-state index contributed by atoms with van der Waals surface area (Å²) in [5.74, 6) is 0.419. The van der Waals surface area contributed by atoms with Crippen LogP contribution in [0, 0.1) is 34.6 Å². The summed E-state index contributed by atoms with van der Waals surface area (Å²) in [6.07, 6.45) is 0.964. The van der Waals surface area contributed by atoms with Crippen LogP contribution in [-0.4, -0.2) is 32.9 Å². The van der Waals surface area contributed by atoms with E-state index in [9.17, 15) is 0 Å². The number of hydrogen-bond acceptors (Lipinski definition) is 3. The van der Waals surface area contributed by atoms with Gasteiger partial charge in [0.2, 0.25) is 0 Å². The second-order valence-corrected chi connectivity index (χ2v) is 9.13. The lowest BCUT2D eigenvalue weighted by Gasteiger charge is -2.14. The van der Waals surface area contributed by atoms with Gasteiger partial charge in [0, 0.05) is 31.3 Å². The summed E-state index contributed by atoms with van der Waals surface area (Å²) in [4.78, 5) is 5.08. The van der Waals surface area contributed by atoms with Crippen LogP contribution in [0.4, 0.5) is 0 Å². The van der Waals surface area contributed by atoms with Gasteiger partial charge in [-0.15, -0.1) is 0 Å². The molecule has 0 atom stereocenters. The average molecular weight is 419 g/mol. The molecule has 4 rings (SSSR count). The van der Waals surface area contributed by atoms with Crippen molar-refractivity contribution in [3.8, 4) is 11.1 Å². The van der Waals surface area contributed by atoms with Crippen molar-refractivity contribution in [3.63, 3.8) is 0 Å². The Bertz CT molecular complexity index is 1250. The van der Waals surface area contributed by atoms with Gasteiger partial charge in [0.15, 0.2) is 5.65 Å². The standard InChI is InChI=1S/C26H34N4O/c1-15(2)22-14-21-19(6)27-25-24(23-17(4)12-16(3)13-18(23)5)20(7)28-30(25)26(21)29(22)10-9-11-31-8/h12-15H,9-11H2,1-8H3. The third-order valence-electron chi connectivity index (χ3n) is 6.25. The molecule has 5 nitrogen and oxygen atoms in total. The Kier molecular flexibility index (Phi) is 5.65. The Balaban J connectivity index is 2.07. The number of benzene rings is 1. The van der Waals surface area contributed by atoms with Crippen LogP contribution in [0.15, 0.2) is 18.2 Å². The van der Waals surface area contributed by atoms with Crippen molar-refractivity contribution >= 4 is 16.7 Å². The van der Waals surface area contributed by atoms with Crippen molar-refractivity contribution in [2.75, 3.05) is 13.7 Å². The molecule has 164 valence electrons. The highest BCUT2D eigenvalue weighted by atomic mass is 16.5. The number of ether oxygens (including phenoxy) is 1. The van der Waals surface area contributed by atoms with Gasteiger partial charge >= 0.3 is 0 Å². The van der Waals surface area contributed by atoms with Gasteiger partial charge in [0.1, 0.15) is 5.65 Å². The molecule has 0 fully saturated rings. The average Bonchev–Trinajstić information content (AvgIpc) is 3.21. The minimum Gasteiger partial charge on any atom is -0.385 e. The van der Waals surface area contributed by atoms with Crippen molar-refractivity contribution in [1.29, 1.82) is 0 Å². The fraction of sp³-hybridized carbons (Fsp3) is 0.462. The summed E-state index contributed by atoms with van der Waals surface area (Å²) in [6, 6.07) is 6.80. The van der Waals surface area contributed by atoms with Gasteiger partial charge in [-0.1, -0.05) is 31.5 Å². The topological polar surface area (TPSA) is 44.3 Å². The van der Waals surface area contributed by atoms with E-state index in [-0.39, 0.29) is 0 Å². The zero-order valence-electron chi connectivity index (χ0n) is 20.1. The van der Waals surface area contributed by atoms with E-state index in [0.29, 0.717) is 5.92 Å². The fourth-order valence-electron chi connectivity index (χ4n) is 4.99. The predicted molar refractivity (Wildman–Crippen MR) is 128 cm³/mol. The first-order valence-corrected chi connectivity index (χ1v) is 11.2. The lowest BCUT2D eigenvalue weighted by molar-refractivity contribution is 0.190. The van der Waals surface area contributed by atoms with Gasteiger partial charge in [0.25, 0.3) is 0 Å². The molecule has 0 aliphatic rings. The number of hydrogen-bond donors (Lipinski definition) is 0. The third-order valence-corrected chi connectivity index (χ3v) is 6.25. The molecule has 1 aromatic carbocycles. The van der Waals surface area contributed by atoms with E-state index in [1.54, 1.807) is 7.11 Å². The first-order chi connectivity index (χ1) is 14.7. The van der Waals surface area contributed by atoms with Crippen LogP contribution in [0.5, 0.6) is 0 Å². The molecule has 0 saturated carbocycles. The maximum absolute atomic E-state index is 5.33. The minimum atomic E-state index is 0.419. The number of methoxy groups -OCH3 is 1. The number of aromatic nitrogens is 4. The lowest BCUT2D eigenvalue weighted by Crippen LogP contribution is -2.09. The van der Waals surface area contributed by atoms with Crippen LogP contribution in [0.1, 0.15) is 60.0 Å². The zero-order valence-corrected chi connectivity index (χ0v) is 20.1. The van der Waals surface area contributed by atoms with Crippen LogP contribution in [0.25, 0.3) is 27.8 Å². The highest BCUT2D eigenvalue weighted by Gasteiger charge is 2.23. The van der Waals surface area contributed by atoms with Crippen molar-refractivity contribution < 1.29 is 4.74 Å². The van der Waals surface area contributed by atoms with E-state index in [4.69, 9.17) is 14.8 Å². The molecule has 0 N–H and O–H groups in total. The van der Waals surface area contributed by atoms with Crippen LogP contribution in [0.2, 0.25) is 0 Å². The Morgan fingerprint density at radius 1 is 0.935 bits per heavy atom. The maximum Gasteiger partial charge on any atom is 0.165 e. The van der Waals surface area contributed by atoms with E-state index in [1.807, 2.05) is 0 Å². The van der Waals surface area contributed by atoms with Crippen LogP contribution >= 0.6 is 0 Å². The molecule has 31 heavy (non-hydrogen) atoms. The monoisotopic (exact) mass is 418 g/mol. The van der Waals surface area contributed by atoms with E-state index >= 15 is 0 Å². The van der Waals surface area contributed by atoms with Gasteiger partial charge in [-0.3, -0.25) is 0 Å². The molecule has 3 heterocycles. The van der Waals surface area contributed by atoms with Gasteiger partial charge in [-0.2, -0.15) is 9.61 Å². The summed E-state index contributed by atoms with van der Waals surface area (Å²) in [5.41, 5.74) is 11.7. The predicted octanol–water partition coefficient (Wildman–Crippen LogP) is 6.05. The second-order valence-electron chi connectivity index (χ2n) is 9.13. The van der Waals surface area contributed by atoms with Crippen molar-refractivity contribution in [2.24, 2.45) is 0 Å². The summed E-state index contributed by atoms with van der Waals surface area (Å²) < 4.78 is 9.83. The van der Waals surface area contributed by atoms with E-state index in [0.717, 1.165) is 47.8 Å². The molecule has 5 heteroatoms. The quantitative estimate of drug-likeness (QED) is 0.358.